The monoisotopic (exact) mass is 536 g/mol. The van der Waals surface area contributed by atoms with E-state index in [-0.39, 0.29) is 29.5 Å². The maximum Gasteiger partial charge on any atom is 0.205 e. The normalized spacial score (nSPS) is 22.9. The van der Waals surface area contributed by atoms with Gasteiger partial charge in [0.1, 0.15) is 35.8 Å². The Hall–Kier alpha value is -2.52. The van der Waals surface area contributed by atoms with Crippen LogP contribution in [0.5, 0.6) is 5.75 Å². The highest BCUT2D eigenvalue weighted by molar-refractivity contribution is 6.48. The second-order valence-electron chi connectivity index (χ2n) is 12.6. The van der Waals surface area contributed by atoms with Crippen LogP contribution in [0.2, 0.25) is 13.1 Å². The van der Waals surface area contributed by atoms with Crippen LogP contribution in [-0.2, 0) is 19.3 Å². The first-order valence-corrected chi connectivity index (χ1v) is 15.6. The molecule has 2 aromatic heterocycles. The van der Waals surface area contributed by atoms with Gasteiger partial charge >= 0.3 is 0 Å². The number of ether oxygens (including phenoxy) is 3. The number of benzene rings is 1. The molecule has 5 rings (SSSR count). The lowest BCUT2D eigenvalue weighted by Crippen LogP contribution is -2.48. The standard InChI is InChI=1S/C30H38NO6Si/c1-28(2,3)27(37-38(8)9)25-21(35-30(6,7)36-25)16-33-17-12-13-18-19(15-17)29(4,5)26-22(24(18)32)23-20(34-26)11-10-14-31-23/h10-15,21,25,27H,16H2,1-9H3/t21-,25-,27?/m1/s1. The minimum atomic E-state index is -0.962. The van der Waals surface area contributed by atoms with Gasteiger partial charge in [0.15, 0.2) is 17.2 Å². The molecule has 3 heterocycles. The largest absolute Gasteiger partial charge is 0.491 e. The predicted molar refractivity (Wildman–Crippen MR) is 147 cm³/mol. The van der Waals surface area contributed by atoms with Crippen LogP contribution in [0.4, 0.5) is 0 Å². The second kappa shape index (κ2) is 9.29. The van der Waals surface area contributed by atoms with E-state index >= 15 is 0 Å². The summed E-state index contributed by atoms with van der Waals surface area (Å²) in [7, 11) is -0.962. The lowest BCUT2D eigenvalue weighted by atomic mass is 9.72. The van der Waals surface area contributed by atoms with Gasteiger partial charge in [-0.15, -0.1) is 0 Å². The number of hydrogen-bond donors (Lipinski definition) is 0. The number of rotatable bonds is 6. The molecule has 2 aliphatic rings. The zero-order valence-corrected chi connectivity index (χ0v) is 24.8. The summed E-state index contributed by atoms with van der Waals surface area (Å²) in [6.45, 7) is 19.0. The van der Waals surface area contributed by atoms with Gasteiger partial charge in [-0.2, -0.15) is 0 Å². The lowest BCUT2D eigenvalue weighted by molar-refractivity contribution is -0.160. The van der Waals surface area contributed by atoms with E-state index in [2.05, 4.69) is 52.7 Å². The number of hydrogen-bond acceptors (Lipinski definition) is 7. The maximum absolute atomic E-state index is 13.5. The third-order valence-corrected chi connectivity index (χ3v) is 8.03. The Morgan fingerprint density at radius 1 is 1.11 bits per heavy atom. The zero-order valence-electron chi connectivity index (χ0n) is 23.8. The van der Waals surface area contributed by atoms with Gasteiger partial charge in [-0.05, 0) is 82.1 Å². The molecule has 1 saturated heterocycles. The molecule has 0 bridgehead atoms. The first-order valence-electron chi connectivity index (χ1n) is 13.2. The molecule has 0 N–H and O–H groups in total. The fraction of sp³-hybridized carbons (Fsp3) is 0.533. The molecule has 1 radical (unpaired) electrons. The van der Waals surface area contributed by atoms with Crippen molar-refractivity contribution in [3.05, 3.63) is 59.0 Å². The van der Waals surface area contributed by atoms with E-state index in [1.165, 1.54) is 0 Å². The summed E-state index contributed by atoms with van der Waals surface area (Å²) in [6.07, 6.45) is 0.967. The van der Waals surface area contributed by atoms with E-state index in [0.717, 1.165) is 5.56 Å². The molecule has 1 unspecified atom stereocenters. The van der Waals surface area contributed by atoms with E-state index in [1.807, 2.05) is 44.2 Å². The lowest BCUT2D eigenvalue weighted by Gasteiger charge is -2.37. The highest BCUT2D eigenvalue weighted by Crippen LogP contribution is 2.46. The molecule has 1 fully saturated rings. The summed E-state index contributed by atoms with van der Waals surface area (Å²) in [5, 5.41) is 0. The fourth-order valence-electron chi connectivity index (χ4n) is 5.58. The van der Waals surface area contributed by atoms with Gasteiger partial charge in [-0.25, -0.2) is 0 Å². The van der Waals surface area contributed by atoms with Crippen molar-refractivity contribution in [1.29, 1.82) is 0 Å². The van der Waals surface area contributed by atoms with Crippen molar-refractivity contribution in [3.8, 4) is 5.75 Å². The number of ketones is 1. The van der Waals surface area contributed by atoms with Crippen molar-refractivity contribution >= 4 is 25.9 Å². The van der Waals surface area contributed by atoms with E-state index in [9.17, 15) is 4.79 Å². The quantitative estimate of drug-likeness (QED) is 0.343. The molecule has 1 aliphatic carbocycles. The Bertz CT molecular complexity index is 1370. The van der Waals surface area contributed by atoms with Crippen molar-refractivity contribution in [2.45, 2.75) is 91.1 Å². The van der Waals surface area contributed by atoms with Crippen LogP contribution in [0.25, 0.3) is 11.1 Å². The Morgan fingerprint density at radius 2 is 1.84 bits per heavy atom. The third-order valence-electron chi connectivity index (χ3n) is 7.30. The van der Waals surface area contributed by atoms with Crippen molar-refractivity contribution in [1.82, 2.24) is 4.98 Å². The topological polar surface area (TPSA) is 80.0 Å². The molecular formula is C30H38NO6Si. The molecule has 1 aliphatic heterocycles. The van der Waals surface area contributed by atoms with Gasteiger partial charge in [-0.3, -0.25) is 9.78 Å². The summed E-state index contributed by atoms with van der Waals surface area (Å²) in [6, 6.07) is 9.30. The summed E-state index contributed by atoms with van der Waals surface area (Å²) < 4.78 is 31.6. The maximum atomic E-state index is 13.5. The van der Waals surface area contributed by atoms with Crippen molar-refractivity contribution in [2.75, 3.05) is 6.61 Å². The summed E-state index contributed by atoms with van der Waals surface area (Å²) in [4.78, 5) is 18.0. The molecule has 7 nitrogen and oxygen atoms in total. The van der Waals surface area contributed by atoms with Crippen LogP contribution in [-0.4, -0.2) is 50.5 Å². The van der Waals surface area contributed by atoms with Crippen LogP contribution in [0.3, 0.4) is 0 Å². The number of fused-ring (bicyclic) bond motifs is 4. The highest BCUT2D eigenvalue weighted by atomic mass is 28.3. The van der Waals surface area contributed by atoms with Crippen molar-refractivity contribution in [3.63, 3.8) is 0 Å². The van der Waals surface area contributed by atoms with Crippen LogP contribution in [0.15, 0.2) is 40.9 Å². The number of pyridine rings is 1. The van der Waals surface area contributed by atoms with Crippen LogP contribution >= 0.6 is 0 Å². The van der Waals surface area contributed by atoms with Gasteiger partial charge in [-0.1, -0.05) is 20.8 Å². The minimum Gasteiger partial charge on any atom is -0.491 e. The SMILES string of the molecule is C[Si](C)OC([C@@H]1OC(C)(C)O[C@@H]1COc1ccc2c(c1)C(C)(C)c1oc3cccnc3c1C2=O)C(C)(C)C. The Labute approximate surface area is 226 Å². The number of furan rings is 1. The number of carbonyl (C=O) groups excluding carboxylic acids is 1. The second-order valence-corrected chi connectivity index (χ2v) is 14.6. The van der Waals surface area contributed by atoms with Crippen molar-refractivity contribution in [2.24, 2.45) is 5.41 Å². The first kappa shape index (κ1) is 27.1. The predicted octanol–water partition coefficient (Wildman–Crippen LogP) is 6.28. The number of nitrogens with zero attached hydrogens (tertiary/aromatic N) is 1. The Kier molecular flexibility index (Phi) is 6.62. The van der Waals surface area contributed by atoms with E-state index in [4.69, 9.17) is 23.1 Å². The van der Waals surface area contributed by atoms with E-state index in [1.54, 1.807) is 6.20 Å². The molecule has 0 amide bonds. The molecule has 0 spiro atoms. The van der Waals surface area contributed by atoms with Crippen LogP contribution < -0.4 is 4.74 Å². The first-order chi connectivity index (χ1) is 17.7. The van der Waals surface area contributed by atoms with Gasteiger partial charge in [0.2, 0.25) is 9.04 Å². The summed E-state index contributed by atoms with van der Waals surface area (Å²) in [5.41, 5.74) is 2.62. The van der Waals surface area contributed by atoms with E-state index < -0.39 is 20.2 Å². The zero-order chi connectivity index (χ0) is 27.6. The molecule has 3 atom stereocenters. The van der Waals surface area contributed by atoms with E-state index in [0.29, 0.717) is 40.3 Å². The van der Waals surface area contributed by atoms with Crippen molar-refractivity contribution < 1.29 is 27.8 Å². The average molecular weight is 537 g/mol. The summed E-state index contributed by atoms with van der Waals surface area (Å²) in [5.74, 6) is 0.487. The molecule has 3 aromatic rings. The number of aromatic nitrogens is 1. The molecule has 0 saturated carbocycles. The molecule has 1 aromatic carbocycles. The molecule has 203 valence electrons. The highest BCUT2D eigenvalue weighted by Gasteiger charge is 2.49. The molecule has 38 heavy (non-hydrogen) atoms. The Morgan fingerprint density at radius 3 is 2.53 bits per heavy atom. The third kappa shape index (κ3) is 4.72. The van der Waals surface area contributed by atoms with Gasteiger partial charge < -0.3 is 23.1 Å². The smallest absolute Gasteiger partial charge is 0.205 e. The average Bonchev–Trinajstić information content (AvgIpc) is 3.37. The Balaban J connectivity index is 1.42. The fourth-order valence-corrected chi connectivity index (χ4v) is 6.58. The van der Waals surface area contributed by atoms with Gasteiger partial charge in [0, 0.05) is 17.2 Å². The van der Waals surface area contributed by atoms with Crippen LogP contribution in [0, 0.1) is 5.41 Å². The molecule has 8 heteroatoms. The van der Waals surface area contributed by atoms with Crippen LogP contribution in [0.1, 0.15) is 75.7 Å². The van der Waals surface area contributed by atoms with Gasteiger partial charge in [0.25, 0.3) is 0 Å². The summed E-state index contributed by atoms with van der Waals surface area (Å²) >= 11 is 0. The minimum absolute atomic E-state index is 0.0745. The molecular weight excluding hydrogens is 498 g/mol. The van der Waals surface area contributed by atoms with Gasteiger partial charge in [0.05, 0.1) is 11.7 Å². The number of carbonyl (C=O) groups is 1.